The highest BCUT2D eigenvalue weighted by atomic mass is 16.6. The van der Waals surface area contributed by atoms with Gasteiger partial charge in [-0.2, -0.15) is 0 Å². The second kappa shape index (κ2) is 15.2. The maximum absolute atomic E-state index is 12.7. The molecule has 9 nitrogen and oxygen atoms in total. The predicted octanol–water partition coefficient (Wildman–Crippen LogP) is 5.56. The van der Waals surface area contributed by atoms with Crippen molar-refractivity contribution in [3.8, 4) is 0 Å². The molecule has 1 unspecified atom stereocenters. The van der Waals surface area contributed by atoms with Gasteiger partial charge in [0.2, 0.25) is 0 Å². The Morgan fingerprint density at radius 1 is 0.854 bits per heavy atom. The van der Waals surface area contributed by atoms with Crippen molar-refractivity contribution in [1.29, 1.82) is 0 Å². The molecule has 0 fully saturated rings. The highest BCUT2D eigenvalue weighted by molar-refractivity contribution is 5.90. The molecule has 41 heavy (non-hydrogen) atoms. The van der Waals surface area contributed by atoms with Gasteiger partial charge in [0.05, 0.1) is 32.1 Å². The highest BCUT2D eigenvalue weighted by Gasteiger charge is 2.27. The molecule has 1 atom stereocenters. The number of carbonyl (C=O) groups excluding carboxylic acids is 4. The Kier molecular flexibility index (Phi) is 12.4. The van der Waals surface area contributed by atoms with Gasteiger partial charge in [0.15, 0.2) is 0 Å². The zero-order valence-electron chi connectivity index (χ0n) is 25.2. The van der Waals surface area contributed by atoms with Crippen LogP contribution >= 0.6 is 0 Å². The van der Waals surface area contributed by atoms with Gasteiger partial charge in [-0.3, -0.25) is 9.59 Å². The van der Waals surface area contributed by atoms with Crippen LogP contribution in [0.1, 0.15) is 80.9 Å². The average molecular weight is 570 g/mol. The van der Waals surface area contributed by atoms with Crippen LogP contribution in [0.25, 0.3) is 0 Å². The Morgan fingerprint density at radius 2 is 1.54 bits per heavy atom. The van der Waals surface area contributed by atoms with E-state index in [4.69, 9.17) is 18.9 Å². The number of ether oxygens (including phenoxy) is 4. The fraction of sp³-hybridized carbons (Fsp3) is 0.500. The molecule has 0 bridgehead atoms. The highest BCUT2D eigenvalue weighted by Crippen LogP contribution is 2.23. The molecule has 1 N–H and O–H groups in total. The molecule has 0 heterocycles. The summed E-state index contributed by atoms with van der Waals surface area (Å²) >= 11 is 0. The van der Waals surface area contributed by atoms with Crippen molar-refractivity contribution in [3.63, 3.8) is 0 Å². The first-order valence-electron chi connectivity index (χ1n) is 13.7. The molecule has 0 saturated carbocycles. The molecule has 2 aromatic carbocycles. The van der Waals surface area contributed by atoms with Crippen LogP contribution in [-0.4, -0.2) is 49.4 Å². The maximum Gasteiger partial charge on any atom is 0.407 e. The van der Waals surface area contributed by atoms with Gasteiger partial charge < -0.3 is 24.3 Å². The van der Waals surface area contributed by atoms with E-state index in [2.05, 4.69) is 17.4 Å². The third kappa shape index (κ3) is 12.0. The molecule has 0 aliphatic heterocycles. The zero-order chi connectivity index (χ0) is 30.6. The van der Waals surface area contributed by atoms with Crippen LogP contribution in [0.15, 0.2) is 48.5 Å². The molecule has 0 spiro atoms. The Bertz CT molecular complexity index is 1180. The van der Waals surface area contributed by atoms with Gasteiger partial charge in [-0.25, -0.2) is 9.59 Å². The number of alkyl carbamates (subject to hydrolysis) is 1. The first-order valence-corrected chi connectivity index (χ1v) is 13.7. The van der Waals surface area contributed by atoms with Gasteiger partial charge in [-0.15, -0.1) is 0 Å². The predicted molar refractivity (Wildman–Crippen MR) is 154 cm³/mol. The van der Waals surface area contributed by atoms with E-state index in [0.29, 0.717) is 17.5 Å². The minimum atomic E-state index is -0.851. The summed E-state index contributed by atoms with van der Waals surface area (Å²) in [5, 5.41) is 2.77. The number of hydrogen-bond donors (Lipinski definition) is 1. The van der Waals surface area contributed by atoms with E-state index in [0.717, 1.165) is 12.8 Å². The molecule has 0 radical (unpaired) electrons. The molecule has 0 aliphatic carbocycles. The van der Waals surface area contributed by atoms with Gasteiger partial charge in [-0.1, -0.05) is 36.4 Å². The molecule has 0 saturated heterocycles. The first kappa shape index (κ1) is 33.3. The van der Waals surface area contributed by atoms with Crippen LogP contribution in [0.2, 0.25) is 0 Å². The van der Waals surface area contributed by atoms with E-state index in [-0.39, 0.29) is 24.9 Å². The summed E-state index contributed by atoms with van der Waals surface area (Å²) in [6.45, 7) is 9.11. The summed E-state index contributed by atoms with van der Waals surface area (Å²) in [5.41, 5.74) is 1.35. The topological polar surface area (TPSA) is 117 Å². The van der Waals surface area contributed by atoms with Gasteiger partial charge >= 0.3 is 24.0 Å². The normalized spacial score (nSPS) is 12.2. The third-order valence-electron chi connectivity index (χ3n) is 6.36. The van der Waals surface area contributed by atoms with Gasteiger partial charge in [0, 0.05) is 6.54 Å². The molecule has 2 rings (SSSR count). The Labute approximate surface area is 242 Å². The largest absolute Gasteiger partial charge is 0.469 e. The Morgan fingerprint density at radius 3 is 2.15 bits per heavy atom. The lowest BCUT2D eigenvalue weighted by Crippen LogP contribution is -2.34. The van der Waals surface area contributed by atoms with E-state index >= 15 is 0 Å². The number of carbonyl (C=O) groups is 4. The van der Waals surface area contributed by atoms with Crippen molar-refractivity contribution < 1.29 is 38.1 Å². The van der Waals surface area contributed by atoms with Crippen molar-refractivity contribution in [2.45, 2.75) is 84.5 Å². The lowest BCUT2D eigenvalue weighted by atomic mass is 9.91. The quantitative estimate of drug-likeness (QED) is 0.246. The van der Waals surface area contributed by atoms with Crippen molar-refractivity contribution in [1.82, 2.24) is 5.32 Å². The summed E-state index contributed by atoms with van der Waals surface area (Å²) in [6, 6.07) is 15.0. The molecule has 224 valence electrons. The zero-order valence-corrected chi connectivity index (χ0v) is 25.2. The number of amides is 1. The fourth-order valence-electron chi connectivity index (χ4n) is 4.28. The van der Waals surface area contributed by atoms with Crippen LogP contribution in [0.4, 0.5) is 4.79 Å². The summed E-state index contributed by atoms with van der Waals surface area (Å²) in [6.07, 6.45) is 1.71. The lowest BCUT2D eigenvalue weighted by molar-refractivity contribution is -0.152. The Hall–Kier alpha value is -3.88. The van der Waals surface area contributed by atoms with Gasteiger partial charge in [0.1, 0.15) is 11.2 Å². The lowest BCUT2D eigenvalue weighted by Gasteiger charge is -2.25. The van der Waals surface area contributed by atoms with Crippen molar-refractivity contribution in [2.24, 2.45) is 5.92 Å². The van der Waals surface area contributed by atoms with E-state index in [1.165, 1.54) is 19.8 Å². The summed E-state index contributed by atoms with van der Waals surface area (Å²) in [7, 11) is 2.48. The van der Waals surface area contributed by atoms with Gasteiger partial charge in [0.25, 0.3) is 0 Å². The molecule has 0 aliphatic rings. The number of esters is 3. The fourth-order valence-corrected chi connectivity index (χ4v) is 4.28. The molecular weight excluding hydrogens is 526 g/mol. The van der Waals surface area contributed by atoms with Crippen molar-refractivity contribution in [3.05, 3.63) is 70.8 Å². The third-order valence-corrected chi connectivity index (χ3v) is 6.36. The van der Waals surface area contributed by atoms with Crippen molar-refractivity contribution in [2.75, 3.05) is 14.2 Å². The SMILES string of the molecule is COC(=O)CC(Cc1cc(C(=O)OC(C)(C)C)ccc1CNC(=O)OC(C)(C)CCCc1ccccc1)C(=O)OC. The van der Waals surface area contributed by atoms with Crippen LogP contribution < -0.4 is 5.32 Å². The number of nitrogens with one attached hydrogen (secondary N) is 1. The second-order valence-electron chi connectivity index (χ2n) is 11.5. The van der Waals surface area contributed by atoms with Gasteiger partial charge in [-0.05, 0) is 89.1 Å². The van der Waals surface area contributed by atoms with Crippen LogP contribution in [0.3, 0.4) is 0 Å². The van der Waals surface area contributed by atoms with E-state index in [9.17, 15) is 19.2 Å². The van der Waals surface area contributed by atoms with Crippen LogP contribution in [0.5, 0.6) is 0 Å². The summed E-state index contributed by atoms with van der Waals surface area (Å²) < 4.78 is 20.8. The molecule has 1 amide bonds. The molecule has 9 heteroatoms. The van der Waals surface area contributed by atoms with E-state index in [1.807, 2.05) is 32.0 Å². The molecule has 2 aromatic rings. The Balaban J connectivity index is 2.16. The smallest absolute Gasteiger partial charge is 0.407 e. The number of benzene rings is 2. The first-order chi connectivity index (χ1) is 19.2. The van der Waals surface area contributed by atoms with Crippen LogP contribution in [-0.2, 0) is 47.9 Å². The number of hydrogen-bond acceptors (Lipinski definition) is 8. The van der Waals surface area contributed by atoms with E-state index < -0.39 is 41.1 Å². The van der Waals surface area contributed by atoms with Crippen molar-refractivity contribution >= 4 is 24.0 Å². The maximum atomic E-state index is 12.7. The summed E-state index contributed by atoms with van der Waals surface area (Å²) in [4.78, 5) is 49.9. The number of methoxy groups -OCH3 is 2. The number of aryl methyl sites for hydroxylation is 1. The monoisotopic (exact) mass is 569 g/mol. The van der Waals surface area contributed by atoms with E-state index in [1.54, 1.807) is 39.0 Å². The number of rotatable bonds is 13. The minimum Gasteiger partial charge on any atom is -0.469 e. The average Bonchev–Trinajstić information content (AvgIpc) is 2.90. The molecule has 0 aromatic heterocycles. The molecular formula is C32H43NO8. The minimum absolute atomic E-state index is 0.0784. The standard InChI is InChI=1S/C32H43NO8/c1-31(2,3)40-29(36)23-15-16-24(25(18-23)19-26(28(35)39-7)20-27(34)38-6)21-33-30(37)41-32(4,5)17-11-14-22-12-9-8-10-13-22/h8-10,12-13,15-16,18,26H,11,14,17,19-21H2,1-7H3,(H,33,37). The summed E-state index contributed by atoms with van der Waals surface area (Å²) in [5.74, 6) is -2.54. The van der Waals surface area contributed by atoms with Crippen LogP contribution in [0, 0.1) is 5.92 Å². The second-order valence-corrected chi connectivity index (χ2v) is 11.5.